The second-order valence-electron chi connectivity index (χ2n) is 7.58. The normalized spacial score (nSPS) is 21.8. The number of alkyl halides is 3. The molecule has 0 spiro atoms. The highest BCUT2D eigenvalue weighted by Gasteiger charge is 2.47. The van der Waals surface area contributed by atoms with E-state index in [-0.39, 0.29) is 17.4 Å². The van der Waals surface area contributed by atoms with E-state index < -0.39 is 23.6 Å². The molecule has 0 aromatic heterocycles. The molecular weight excluding hydrogens is 381 g/mol. The number of nitrogens with zero attached hydrogens (tertiary/aromatic N) is 1. The Hall–Kier alpha value is -2.83. The van der Waals surface area contributed by atoms with Crippen molar-refractivity contribution in [3.8, 4) is 0 Å². The number of amides is 2. The van der Waals surface area contributed by atoms with Gasteiger partial charge in [0.2, 0.25) is 11.8 Å². The summed E-state index contributed by atoms with van der Waals surface area (Å²) in [6, 6.07) is 12.5. The third-order valence-electron chi connectivity index (χ3n) is 5.54. The lowest BCUT2D eigenvalue weighted by atomic mass is 10.0. The first kappa shape index (κ1) is 19.5. The summed E-state index contributed by atoms with van der Waals surface area (Å²) < 4.78 is 39.7. The highest BCUT2D eigenvalue weighted by Crippen LogP contribution is 2.51. The van der Waals surface area contributed by atoms with Gasteiger partial charge < -0.3 is 10.2 Å². The van der Waals surface area contributed by atoms with E-state index in [1.807, 2.05) is 6.07 Å². The van der Waals surface area contributed by atoms with Crippen LogP contribution < -0.4 is 10.2 Å². The smallest absolute Gasteiger partial charge is 0.326 e. The fourth-order valence-electron chi connectivity index (χ4n) is 3.97. The molecule has 29 heavy (non-hydrogen) atoms. The molecule has 1 saturated carbocycles. The molecule has 0 radical (unpaired) electrons. The Morgan fingerprint density at radius 2 is 1.86 bits per heavy atom. The van der Waals surface area contributed by atoms with Gasteiger partial charge in [0.05, 0.1) is 5.56 Å². The molecule has 2 aromatic rings. The highest BCUT2D eigenvalue weighted by atomic mass is 19.4. The van der Waals surface area contributed by atoms with Crippen LogP contribution in [-0.4, -0.2) is 18.4 Å². The molecule has 1 heterocycles. The Kier molecular flexibility index (Phi) is 5.06. The van der Waals surface area contributed by atoms with Crippen molar-refractivity contribution < 1.29 is 22.8 Å². The number of carbonyl (C=O) groups is 2. The third-order valence-corrected chi connectivity index (χ3v) is 5.54. The van der Waals surface area contributed by atoms with E-state index in [0.717, 1.165) is 24.6 Å². The summed E-state index contributed by atoms with van der Waals surface area (Å²) in [5, 5.41) is 2.80. The van der Waals surface area contributed by atoms with Gasteiger partial charge >= 0.3 is 6.18 Å². The molecule has 1 aliphatic heterocycles. The summed E-state index contributed by atoms with van der Waals surface area (Å²) in [4.78, 5) is 26.4. The minimum atomic E-state index is -4.43. The average molecular weight is 402 g/mol. The van der Waals surface area contributed by atoms with Crippen LogP contribution in [0.1, 0.15) is 42.7 Å². The SMILES string of the molecule is O=C(Nc1cccc(N2CCCCC2=O)c1)C1CC1c1ccccc1C(F)(F)F. The molecule has 4 nitrogen and oxygen atoms in total. The predicted molar refractivity (Wildman–Crippen MR) is 104 cm³/mol. The molecular formula is C22H21F3N2O2. The van der Waals surface area contributed by atoms with Crippen molar-refractivity contribution in [2.24, 2.45) is 5.92 Å². The van der Waals surface area contributed by atoms with Crippen molar-refractivity contribution in [2.45, 2.75) is 37.8 Å². The second-order valence-corrected chi connectivity index (χ2v) is 7.58. The maximum atomic E-state index is 13.2. The van der Waals surface area contributed by atoms with E-state index in [9.17, 15) is 22.8 Å². The third kappa shape index (κ3) is 4.13. The molecule has 2 amide bonds. The summed E-state index contributed by atoms with van der Waals surface area (Å²) >= 11 is 0. The van der Waals surface area contributed by atoms with Crippen LogP contribution in [-0.2, 0) is 15.8 Å². The van der Waals surface area contributed by atoms with Gasteiger partial charge in [0.1, 0.15) is 0 Å². The molecule has 1 N–H and O–H groups in total. The Labute approximate surface area is 166 Å². The van der Waals surface area contributed by atoms with Crippen LogP contribution in [0.4, 0.5) is 24.5 Å². The second kappa shape index (κ2) is 7.54. The zero-order valence-corrected chi connectivity index (χ0v) is 15.7. The number of halogens is 3. The molecule has 7 heteroatoms. The first-order chi connectivity index (χ1) is 13.8. The molecule has 4 rings (SSSR count). The van der Waals surface area contributed by atoms with Crippen LogP contribution in [0.3, 0.4) is 0 Å². The Balaban J connectivity index is 1.45. The molecule has 2 aromatic carbocycles. The summed E-state index contributed by atoms with van der Waals surface area (Å²) in [6.45, 7) is 0.648. The lowest BCUT2D eigenvalue weighted by molar-refractivity contribution is -0.138. The number of benzene rings is 2. The van der Waals surface area contributed by atoms with Crippen molar-refractivity contribution in [3.05, 3.63) is 59.7 Å². The van der Waals surface area contributed by atoms with Gasteiger partial charge in [-0.1, -0.05) is 24.3 Å². The Morgan fingerprint density at radius 1 is 1.07 bits per heavy atom. The molecule has 152 valence electrons. The zero-order chi connectivity index (χ0) is 20.6. The fourth-order valence-corrected chi connectivity index (χ4v) is 3.97. The molecule has 1 aliphatic carbocycles. The van der Waals surface area contributed by atoms with Gasteiger partial charge in [-0.15, -0.1) is 0 Å². The Bertz CT molecular complexity index is 942. The summed E-state index contributed by atoms with van der Waals surface area (Å²) in [7, 11) is 0. The van der Waals surface area contributed by atoms with Crippen LogP contribution >= 0.6 is 0 Å². The minimum absolute atomic E-state index is 0.0609. The van der Waals surface area contributed by atoms with E-state index >= 15 is 0 Å². The van der Waals surface area contributed by atoms with E-state index in [1.54, 1.807) is 29.2 Å². The molecule has 2 unspecified atom stereocenters. The van der Waals surface area contributed by atoms with Crippen molar-refractivity contribution in [3.63, 3.8) is 0 Å². The number of nitrogens with one attached hydrogen (secondary N) is 1. The standard InChI is InChI=1S/C22H21F3N2O2/c23-22(24,25)19-9-2-1-8-16(19)17-13-18(17)21(29)26-14-6-5-7-15(12-14)27-11-4-3-10-20(27)28/h1-2,5-9,12,17-18H,3-4,10-11,13H2,(H,26,29). The largest absolute Gasteiger partial charge is 0.416 e. The van der Waals surface area contributed by atoms with Crippen molar-refractivity contribution in [1.29, 1.82) is 0 Å². The first-order valence-corrected chi connectivity index (χ1v) is 9.72. The lowest BCUT2D eigenvalue weighted by Crippen LogP contribution is -2.35. The van der Waals surface area contributed by atoms with Gasteiger partial charge in [-0.2, -0.15) is 13.2 Å². The predicted octanol–water partition coefficient (Wildman–Crippen LogP) is 4.96. The molecule has 2 aliphatic rings. The van der Waals surface area contributed by atoms with E-state index in [2.05, 4.69) is 5.32 Å². The number of carbonyl (C=O) groups excluding carboxylic acids is 2. The van der Waals surface area contributed by atoms with Crippen LogP contribution in [0.2, 0.25) is 0 Å². The maximum absolute atomic E-state index is 13.2. The van der Waals surface area contributed by atoms with Gasteiger partial charge in [-0.3, -0.25) is 9.59 Å². The van der Waals surface area contributed by atoms with Crippen molar-refractivity contribution >= 4 is 23.2 Å². The monoisotopic (exact) mass is 402 g/mol. The van der Waals surface area contributed by atoms with E-state index in [4.69, 9.17) is 0 Å². The maximum Gasteiger partial charge on any atom is 0.416 e. The number of hydrogen-bond acceptors (Lipinski definition) is 2. The van der Waals surface area contributed by atoms with Gasteiger partial charge in [0, 0.05) is 30.3 Å². The molecule has 2 atom stereocenters. The molecule has 2 fully saturated rings. The lowest BCUT2D eigenvalue weighted by Gasteiger charge is -2.27. The quantitative estimate of drug-likeness (QED) is 0.786. The highest BCUT2D eigenvalue weighted by molar-refractivity contribution is 5.97. The van der Waals surface area contributed by atoms with Gasteiger partial charge in [-0.05, 0) is 55.0 Å². The van der Waals surface area contributed by atoms with Crippen LogP contribution in [0.5, 0.6) is 0 Å². The van der Waals surface area contributed by atoms with E-state index in [1.165, 1.54) is 12.1 Å². The zero-order valence-electron chi connectivity index (χ0n) is 15.7. The van der Waals surface area contributed by atoms with Gasteiger partial charge in [0.25, 0.3) is 0 Å². The number of hydrogen-bond donors (Lipinski definition) is 1. The molecule has 0 bridgehead atoms. The van der Waals surface area contributed by atoms with Gasteiger partial charge in [-0.25, -0.2) is 0 Å². The summed E-state index contributed by atoms with van der Waals surface area (Å²) in [5.41, 5.74) is 0.765. The van der Waals surface area contributed by atoms with Crippen molar-refractivity contribution in [1.82, 2.24) is 0 Å². The number of piperidine rings is 1. The van der Waals surface area contributed by atoms with Gasteiger partial charge in [0.15, 0.2) is 0 Å². The van der Waals surface area contributed by atoms with Crippen LogP contribution in [0, 0.1) is 5.92 Å². The van der Waals surface area contributed by atoms with Crippen LogP contribution in [0.15, 0.2) is 48.5 Å². The summed E-state index contributed by atoms with van der Waals surface area (Å²) in [6.07, 6.45) is -1.71. The fraction of sp³-hybridized carbons (Fsp3) is 0.364. The van der Waals surface area contributed by atoms with E-state index in [0.29, 0.717) is 25.1 Å². The first-order valence-electron chi connectivity index (χ1n) is 9.72. The molecule has 1 saturated heterocycles. The topological polar surface area (TPSA) is 49.4 Å². The average Bonchev–Trinajstić information content (AvgIpc) is 3.49. The summed E-state index contributed by atoms with van der Waals surface area (Å²) in [5.74, 6) is -1.15. The van der Waals surface area contributed by atoms with Crippen molar-refractivity contribution in [2.75, 3.05) is 16.8 Å². The Morgan fingerprint density at radius 3 is 2.62 bits per heavy atom. The number of anilines is 2. The minimum Gasteiger partial charge on any atom is -0.326 e. The number of rotatable bonds is 4. The van der Waals surface area contributed by atoms with Crippen LogP contribution in [0.25, 0.3) is 0 Å².